The highest BCUT2D eigenvalue weighted by Crippen LogP contribution is 2.20. The fourth-order valence-corrected chi connectivity index (χ4v) is 2.12. The van der Waals surface area contributed by atoms with Gasteiger partial charge in [0.25, 0.3) is 0 Å². The Balaban J connectivity index is 1.87. The summed E-state index contributed by atoms with van der Waals surface area (Å²) >= 11 is 0. The number of halogens is 1. The van der Waals surface area contributed by atoms with E-state index in [1.807, 2.05) is 0 Å². The maximum atomic E-state index is 12.9. The van der Waals surface area contributed by atoms with E-state index in [2.05, 4.69) is 10.1 Å². The molecule has 2 heterocycles. The molecule has 0 aliphatic carbocycles. The second-order valence-electron chi connectivity index (χ2n) is 4.44. The monoisotopic (exact) mass is 256 g/mol. The Kier molecular flexibility index (Phi) is 2.97. The van der Waals surface area contributed by atoms with E-state index in [1.54, 1.807) is 41.4 Å². The van der Waals surface area contributed by atoms with Crippen LogP contribution in [0.15, 0.2) is 49.1 Å². The van der Waals surface area contributed by atoms with Gasteiger partial charge in [-0.25, -0.2) is 8.91 Å². The smallest absolute Gasteiger partial charge is 0.123 e. The quantitative estimate of drug-likeness (QED) is 0.780. The minimum Gasteiger partial charge on any atom is -0.324 e. The third kappa shape index (κ3) is 2.32. The van der Waals surface area contributed by atoms with Crippen LogP contribution in [-0.2, 0) is 6.42 Å². The fraction of sp³-hybridized carbons (Fsp3) is 0.143. The molecule has 1 aromatic carbocycles. The van der Waals surface area contributed by atoms with Crippen LogP contribution in [0.4, 0.5) is 4.39 Å². The summed E-state index contributed by atoms with van der Waals surface area (Å²) < 4.78 is 14.6. The van der Waals surface area contributed by atoms with E-state index >= 15 is 0 Å². The van der Waals surface area contributed by atoms with Crippen LogP contribution in [0, 0.1) is 5.82 Å². The summed E-state index contributed by atoms with van der Waals surface area (Å²) in [5.41, 5.74) is 9.04. The molecule has 2 aromatic heterocycles. The van der Waals surface area contributed by atoms with E-state index in [0.717, 1.165) is 16.6 Å². The number of benzene rings is 1. The van der Waals surface area contributed by atoms with Crippen molar-refractivity contribution in [2.45, 2.75) is 12.5 Å². The zero-order valence-corrected chi connectivity index (χ0v) is 10.2. The third-order valence-corrected chi connectivity index (χ3v) is 3.12. The number of nitrogens with two attached hydrogens (primary N) is 1. The van der Waals surface area contributed by atoms with Gasteiger partial charge in [-0.1, -0.05) is 12.1 Å². The molecule has 0 spiro atoms. The van der Waals surface area contributed by atoms with Crippen LogP contribution in [0.25, 0.3) is 5.52 Å². The molecule has 0 aliphatic rings. The van der Waals surface area contributed by atoms with Crippen molar-refractivity contribution in [3.63, 3.8) is 0 Å². The molecule has 3 rings (SSSR count). The largest absolute Gasteiger partial charge is 0.324 e. The van der Waals surface area contributed by atoms with E-state index in [9.17, 15) is 4.39 Å². The van der Waals surface area contributed by atoms with Gasteiger partial charge in [-0.2, -0.15) is 5.10 Å². The first kappa shape index (κ1) is 11.8. The minimum absolute atomic E-state index is 0.188. The average Bonchev–Trinajstić information content (AvgIpc) is 2.85. The molecule has 1 unspecified atom stereocenters. The number of hydrogen-bond donors (Lipinski definition) is 1. The normalized spacial score (nSPS) is 12.7. The maximum Gasteiger partial charge on any atom is 0.123 e. The topological polar surface area (TPSA) is 56.2 Å². The highest BCUT2D eigenvalue weighted by molar-refractivity contribution is 5.53. The minimum atomic E-state index is -0.238. The Morgan fingerprint density at radius 1 is 1.21 bits per heavy atom. The highest BCUT2D eigenvalue weighted by atomic mass is 19.1. The van der Waals surface area contributed by atoms with Crippen LogP contribution in [0.3, 0.4) is 0 Å². The van der Waals surface area contributed by atoms with Gasteiger partial charge in [-0.3, -0.25) is 4.98 Å². The predicted octanol–water partition coefficient (Wildman–Crippen LogP) is 2.11. The maximum absolute atomic E-state index is 12.9. The Bertz CT molecular complexity index is 690. The molecular formula is C14H13FN4. The second-order valence-corrected chi connectivity index (χ2v) is 4.44. The molecule has 0 saturated heterocycles. The lowest BCUT2D eigenvalue weighted by Crippen LogP contribution is -2.13. The summed E-state index contributed by atoms with van der Waals surface area (Å²) in [7, 11) is 0. The van der Waals surface area contributed by atoms with Crippen molar-refractivity contribution in [3.05, 3.63) is 66.0 Å². The molecule has 4 nitrogen and oxygen atoms in total. The molecule has 0 aliphatic heterocycles. The summed E-state index contributed by atoms with van der Waals surface area (Å²) in [5.74, 6) is -0.238. The molecule has 19 heavy (non-hydrogen) atoms. The Labute approximate surface area is 109 Å². The lowest BCUT2D eigenvalue weighted by Gasteiger charge is -2.10. The van der Waals surface area contributed by atoms with Crippen molar-refractivity contribution in [1.29, 1.82) is 0 Å². The molecule has 5 heteroatoms. The molecule has 0 amide bonds. The van der Waals surface area contributed by atoms with E-state index in [0.29, 0.717) is 6.42 Å². The van der Waals surface area contributed by atoms with Crippen molar-refractivity contribution in [3.8, 4) is 0 Å². The lowest BCUT2D eigenvalue weighted by molar-refractivity contribution is 0.625. The summed E-state index contributed by atoms with van der Waals surface area (Å²) in [6, 6.07) is 6.20. The molecule has 0 fully saturated rings. The lowest BCUT2D eigenvalue weighted by atomic mass is 10.0. The Hall–Kier alpha value is -2.27. The molecule has 0 saturated carbocycles. The fourth-order valence-electron chi connectivity index (χ4n) is 2.12. The first-order chi connectivity index (χ1) is 9.24. The summed E-state index contributed by atoms with van der Waals surface area (Å²) in [6.45, 7) is 0. The van der Waals surface area contributed by atoms with E-state index < -0.39 is 0 Å². The first-order valence-corrected chi connectivity index (χ1v) is 6.01. The van der Waals surface area contributed by atoms with Crippen molar-refractivity contribution < 1.29 is 4.39 Å². The van der Waals surface area contributed by atoms with Gasteiger partial charge >= 0.3 is 0 Å². The molecule has 2 N–H and O–H groups in total. The average molecular weight is 256 g/mol. The molecule has 1 atom stereocenters. The van der Waals surface area contributed by atoms with E-state index in [-0.39, 0.29) is 11.9 Å². The molecule has 3 aromatic rings. The van der Waals surface area contributed by atoms with Gasteiger partial charge in [0.15, 0.2) is 0 Å². The van der Waals surface area contributed by atoms with E-state index in [1.165, 1.54) is 12.1 Å². The van der Waals surface area contributed by atoms with Crippen LogP contribution < -0.4 is 5.73 Å². The zero-order chi connectivity index (χ0) is 13.2. The summed E-state index contributed by atoms with van der Waals surface area (Å²) in [4.78, 5) is 4.08. The van der Waals surface area contributed by atoms with Gasteiger partial charge < -0.3 is 5.73 Å². The van der Waals surface area contributed by atoms with Crippen LogP contribution >= 0.6 is 0 Å². The number of hydrogen-bond acceptors (Lipinski definition) is 3. The van der Waals surface area contributed by atoms with Gasteiger partial charge in [0, 0.05) is 24.0 Å². The number of fused-ring (bicyclic) bond motifs is 1. The van der Waals surface area contributed by atoms with Crippen LogP contribution in [0.2, 0.25) is 0 Å². The standard InChI is InChI=1S/C14H13FN4/c15-11-3-1-10(2-4-11)7-13(16)12-8-18-19-6-5-17-9-14(12)19/h1-6,8-9,13H,7,16H2. The third-order valence-electron chi connectivity index (χ3n) is 3.12. The SMILES string of the molecule is NC(Cc1ccc(F)cc1)c1cnn2ccncc12. The highest BCUT2D eigenvalue weighted by Gasteiger charge is 2.13. The van der Waals surface area contributed by atoms with Gasteiger partial charge in [0.05, 0.1) is 17.9 Å². The number of rotatable bonds is 3. The van der Waals surface area contributed by atoms with Gasteiger partial charge in [-0.15, -0.1) is 0 Å². The Morgan fingerprint density at radius 3 is 2.79 bits per heavy atom. The van der Waals surface area contributed by atoms with Gasteiger partial charge in [0.2, 0.25) is 0 Å². The molecule has 0 radical (unpaired) electrons. The first-order valence-electron chi connectivity index (χ1n) is 6.01. The van der Waals surface area contributed by atoms with Gasteiger partial charge in [-0.05, 0) is 24.1 Å². The second kappa shape index (κ2) is 4.78. The van der Waals surface area contributed by atoms with Crippen LogP contribution in [-0.4, -0.2) is 14.6 Å². The molecule has 0 bridgehead atoms. The van der Waals surface area contributed by atoms with Gasteiger partial charge in [0.1, 0.15) is 5.82 Å². The molecular weight excluding hydrogens is 243 g/mol. The zero-order valence-electron chi connectivity index (χ0n) is 10.2. The Morgan fingerprint density at radius 2 is 2.00 bits per heavy atom. The number of nitrogens with zero attached hydrogens (tertiary/aromatic N) is 3. The number of aromatic nitrogens is 3. The predicted molar refractivity (Wildman–Crippen MR) is 70.0 cm³/mol. The summed E-state index contributed by atoms with van der Waals surface area (Å²) in [5, 5.41) is 4.23. The van der Waals surface area contributed by atoms with Crippen molar-refractivity contribution in [1.82, 2.24) is 14.6 Å². The summed E-state index contributed by atoms with van der Waals surface area (Å²) in [6.07, 6.45) is 7.59. The van der Waals surface area contributed by atoms with Crippen molar-refractivity contribution in [2.24, 2.45) is 5.73 Å². The van der Waals surface area contributed by atoms with E-state index in [4.69, 9.17) is 5.73 Å². The molecule has 96 valence electrons. The van der Waals surface area contributed by atoms with Crippen LogP contribution in [0.1, 0.15) is 17.2 Å². The van der Waals surface area contributed by atoms with Crippen molar-refractivity contribution in [2.75, 3.05) is 0 Å². The van der Waals surface area contributed by atoms with Crippen LogP contribution in [0.5, 0.6) is 0 Å². The van der Waals surface area contributed by atoms with Crippen molar-refractivity contribution >= 4 is 5.52 Å².